The molecule has 0 amide bonds. The van der Waals surface area contributed by atoms with Gasteiger partial charge in [0.15, 0.2) is 5.82 Å². The number of aromatic nitrogens is 6. The highest BCUT2D eigenvalue weighted by Crippen LogP contribution is 2.47. The van der Waals surface area contributed by atoms with Crippen LogP contribution in [0, 0.1) is 0 Å². The van der Waals surface area contributed by atoms with Crippen LogP contribution in [0.25, 0.3) is 23.2 Å². The van der Waals surface area contributed by atoms with Gasteiger partial charge in [0.25, 0.3) is 5.95 Å². The summed E-state index contributed by atoms with van der Waals surface area (Å²) in [7, 11) is 0. The predicted octanol–water partition coefficient (Wildman–Crippen LogP) is 2.58. The van der Waals surface area contributed by atoms with E-state index in [4.69, 9.17) is 11.8 Å². The van der Waals surface area contributed by atoms with Gasteiger partial charge in [-0.1, -0.05) is 24.3 Å². The molecule has 1 aliphatic carbocycles. The van der Waals surface area contributed by atoms with Gasteiger partial charge in [0, 0.05) is 22.8 Å². The van der Waals surface area contributed by atoms with Crippen molar-refractivity contribution in [1.82, 2.24) is 34.2 Å². The maximum absolute atomic E-state index is 6.28. The number of para-hydroxylation sites is 1. The van der Waals surface area contributed by atoms with Crippen LogP contribution >= 0.6 is 11.8 Å². The van der Waals surface area contributed by atoms with Crippen molar-refractivity contribution < 1.29 is 0 Å². The summed E-state index contributed by atoms with van der Waals surface area (Å²) >= 11 is 6.28. The van der Waals surface area contributed by atoms with Gasteiger partial charge >= 0.3 is 0 Å². The molecule has 0 bridgehead atoms. The molecule has 9 heteroatoms. The molecule has 0 N–H and O–H groups in total. The Kier molecular flexibility index (Phi) is 2.56. The predicted molar refractivity (Wildman–Crippen MR) is 96.3 cm³/mol. The second kappa shape index (κ2) is 4.64. The number of fused-ring (bicyclic) bond motifs is 6. The van der Waals surface area contributed by atoms with Gasteiger partial charge < -0.3 is 4.90 Å². The third-order valence-electron chi connectivity index (χ3n) is 5.44. The lowest BCUT2D eigenvalue weighted by molar-refractivity contribution is 0.648. The Morgan fingerprint density at radius 1 is 1.12 bits per heavy atom. The topological polar surface area (TPSA) is 67.9 Å². The monoisotopic (exact) mass is 366 g/mol. The fourth-order valence-electron chi connectivity index (χ4n) is 3.61. The summed E-state index contributed by atoms with van der Waals surface area (Å²) in [5.74, 6) is 2.30. The average molecular weight is 367 g/mol. The first kappa shape index (κ1) is 14.3. The van der Waals surface area contributed by atoms with Crippen molar-refractivity contribution in [2.75, 3.05) is 11.6 Å². The molecule has 2 aliphatic heterocycles. The molecule has 3 aromatic rings. The van der Waals surface area contributed by atoms with E-state index in [1.54, 1.807) is 9.10 Å². The molecule has 130 valence electrons. The number of halogens is 1. The highest BCUT2D eigenvalue weighted by Gasteiger charge is 2.42. The molecule has 0 radical (unpaired) electrons. The summed E-state index contributed by atoms with van der Waals surface area (Å²) in [5.41, 5.74) is 3.24. The highest BCUT2D eigenvalue weighted by atomic mass is 35.5. The Balaban J connectivity index is 1.56. The fourth-order valence-corrected chi connectivity index (χ4v) is 3.81. The number of hydrogen-bond donors (Lipinski definition) is 0. The molecular weight excluding hydrogens is 352 g/mol. The van der Waals surface area contributed by atoms with Crippen molar-refractivity contribution in [3.05, 3.63) is 42.4 Å². The first-order chi connectivity index (χ1) is 12.6. The van der Waals surface area contributed by atoms with Crippen LogP contribution in [-0.2, 0) is 5.41 Å². The van der Waals surface area contributed by atoms with E-state index >= 15 is 0 Å². The minimum Gasteiger partial charge on any atom is -0.306 e. The van der Waals surface area contributed by atoms with Gasteiger partial charge in [-0.3, -0.25) is 4.42 Å². The second-order valence-corrected chi connectivity index (χ2v) is 7.68. The first-order valence-corrected chi connectivity index (χ1v) is 8.88. The lowest BCUT2D eigenvalue weighted by atomic mass is 10.1. The quantitative estimate of drug-likeness (QED) is 0.649. The zero-order valence-corrected chi connectivity index (χ0v) is 14.8. The lowest BCUT2D eigenvalue weighted by Gasteiger charge is -2.29. The van der Waals surface area contributed by atoms with Crippen molar-refractivity contribution in [1.29, 1.82) is 0 Å². The van der Waals surface area contributed by atoms with Gasteiger partial charge in [0.05, 0.1) is 23.8 Å². The van der Waals surface area contributed by atoms with Crippen LogP contribution in [0.5, 0.6) is 0 Å². The van der Waals surface area contributed by atoms with E-state index in [9.17, 15) is 0 Å². The average Bonchev–Trinajstić information content (AvgIpc) is 3.05. The van der Waals surface area contributed by atoms with E-state index in [-0.39, 0.29) is 5.41 Å². The van der Waals surface area contributed by atoms with Gasteiger partial charge in [-0.05, 0) is 25.0 Å². The highest BCUT2D eigenvalue weighted by molar-refractivity contribution is 6.15. The van der Waals surface area contributed by atoms with Gasteiger partial charge in [-0.15, -0.1) is 15.3 Å². The summed E-state index contributed by atoms with van der Waals surface area (Å²) in [6.45, 7) is 2.77. The standard InChI is InChI=1S/C17H15ClN8/c1-17(6-7-17)13-8-25(22-19-13)16-21-20-15-11-4-2-3-5-12(11)24-10-23(18)9-14(24)26(15)16/h2-5,8-9H,6-7,10H2,1H3. The smallest absolute Gasteiger partial charge is 0.259 e. The maximum Gasteiger partial charge on any atom is 0.259 e. The zero-order valence-electron chi connectivity index (χ0n) is 14.0. The van der Waals surface area contributed by atoms with Crippen molar-refractivity contribution >= 4 is 23.3 Å². The molecule has 6 rings (SSSR count). The van der Waals surface area contributed by atoms with E-state index in [0.717, 1.165) is 41.4 Å². The molecule has 2 aromatic heterocycles. The summed E-state index contributed by atoms with van der Waals surface area (Å²) in [6, 6.07) is 8.13. The molecule has 4 heterocycles. The van der Waals surface area contributed by atoms with Crippen LogP contribution in [0.3, 0.4) is 0 Å². The molecule has 3 aliphatic rings. The Labute approximate surface area is 154 Å². The van der Waals surface area contributed by atoms with Gasteiger partial charge in [0.1, 0.15) is 12.5 Å². The van der Waals surface area contributed by atoms with E-state index in [0.29, 0.717) is 12.6 Å². The molecule has 26 heavy (non-hydrogen) atoms. The third kappa shape index (κ3) is 1.79. The number of anilines is 1. The largest absolute Gasteiger partial charge is 0.306 e. The zero-order chi connectivity index (χ0) is 17.5. The summed E-state index contributed by atoms with van der Waals surface area (Å²) in [4.78, 5) is 2.14. The molecule has 0 spiro atoms. The van der Waals surface area contributed by atoms with Crippen molar-refractivity contribution in [2.45, 2.75) is 25.2 Å². The normalized spacial score (nSPS) is 19.1. The molecule has 1 aromatic carbocycles. The second-order valence-electron chi connectivity index (χ2n) is 7.24. The number of benzene rings is 1. The SMILES string of the molecule is CC1(c2cn(-c3nnc4n3C3=CN(Cl)CN3c3ccccc3-4)nn2)CC1. The van der Waals surface area contributed by atoms with Crippen molar-refractivity contribution in [2.24, 2.45) is 0 Å². The Morgan fingerprint density at radius 2 is 1.96 bits per heavy atom. The minimum atomic E-state index is 0.154. The molecule has 1 saturated carbocycles. The van der Waals surface area contributed by atoms with E-state index in [2.05, 4.69) is 38.4 Å². The third-order valence-corrected chi connectivity index (χ3v) is 5.64. The van der Waals surface area contributed by atoms with Gasteiger partial charge in [-0.2, -0.15) is 4.68 Å². The van der Waals surface area contributed by atoms with Crippen LogP contribution in [0.15, 0.2) is 36.7 Å². The fraction of sp³-hybridized carbons (Fsp3) is 0.294. The minimum absolute atomic E-state index is 0.154. The van der Waals surface area contributed by atoms with Gasteiger partial charge in [0.2, 0.25) is 0 Å². The molecule has 0 unspecified atom stereocenters. The Morgan fingerprint density at radius 3 is 2.81 bits per heavy atom. The number of rotatable bonds is 2. The molecule has 8 nitrogen and oxygen atoms in total. The Hall–Kier alpha value is -2.87. The molecule has 0 saturated heterocycles. The van der Waals surface area contributed by atoms with Crippen LogP contribution in [0.1, 0.15) is 25.5 Å². The lowest BCUT2D eigenvalue weighted by Crippen LogP contribution is -2.29. The van der Waals surface area contributed by atoms with E-state index in [1.165, 1.54) is 0 Å². The van der Waals surface area contributed by atoms with Crippen LogP contribution in [0.4, 0.5) is 5.69 Å². The van der Waals surface area contributed by atoms with Gasteiger partial charge in [-0.25, -0.2) is 4.57 Å². The molecule has 1 fully saturated rings. The van der Waals surface area contributed by atoms with Crippen molar-refractivity contribution in [3.63, 3.8) is 0 Å². The molecular formula is C17H15ClN8. The maximum atomic E-state index is 6.28. The van der Waals surface area contributed by atoms with Crippen LogP contribution < -0.4 is 4.90 Å². The summed E-state index contributed by atoms with van der Waals surface area (Å²) < 4.78 is 5.32. The van der Waals surface area contributed by atoms with E-state index < -0.39 is 0 Å². The van der Waals surface area contributed by atoms with Crippen molar-refractivity contribution in [3.8, 4) is 17.3 Å². The Bertz CT molecular complexity index is 1080. The molecule has 0 atom stereocenters. The van der Waals surface area contributed by atoms with E-state index in [1.807, 2.05) is 35.2 Å². The number of hydrogen-bond acceptors (Lipinski definition) is 6. The van der Waals surface area contributed by atoms with Crippen LogP contribution in [0.2, 0.25) is 0 Å². The van der Waals surface area contributed by atoms with Crippen LogP contribution in [-0.4, -0.2) is 40.8 Å². The summed E-state index contributed by atoms with van der Waals surface area (Å²) in [5, 5.41) is 17.5. The first-order valence-electron chi connectivity index (χ1n) is 8.54. The number of nitrogens with zero attached hydrogens (tertiary/aromatic N) is 8. The summed E-state index contributed by atoms with van der Waals surface area (Å²) in [6.07, 6.45) is 6.14.